The van der Waals surface area contributed by atoms with Crippen LogP contribution in [0.3, 0.4) is 0 Å². The van der Waals surface area contributed by atoms with Crippen molar-refractivity contribution in [2.45, 2.75) is 62.3 Å². The van der Waals surface area contributed by atoms with Crippen molar-refractivity contribution < 1.29 is 58.0 Å². The van der Waals surface area contributed by atoms with Gasteiger partial charge in [-0.05, 0) is 62.3 Å². The van der Waals surface area contributed by atoms with E-state index in [0.717, 1.165) is 0 Å². The van der Waals surface area contributed by atoms with Crippen LogP contribution in [0.5, 0.6) is 0 Å². The fourth-order valence-corrected chi connectivity index (χ4v) is 3.85. The Morgan fingerprint density at radius 2 is 0.438 bits per heavy atom. The molecule has 14 heteroatoms. The summed E-state index contributed by atoms with van der Waals surface area (Å²) < 4.78 is 46.3. The molecule has 32 heavy (non-hydrogen) atoms. The second-order valence-electron chi connectivity index (χ2n) is 4.43. The average molecular weight is 637 g/mol. The first-order valence-electron chi connectivity index (χ1n) is 10.7. The Morgan fingerprint density at radius 1 is 0.344 bits per heavy atom. The van der Waals surface area contributed by atoms with Gasteiger partial charge in [-0.3, -0.25) is 0 Å². The van der Waals surface area contributed by atoms with Crippen molar-refractivity contribution in [3.63, 3.8) is 0 Å². The van der Waals surface area contributed by atoms with E-state index in [1.54, 1.807) is 0 Å². The molecule has 0 aliphatic carbocycles. The van der Waals surface area contributed by atoms with Crippen LogP contribution in [0.25, 0.3) is 0 Å². The molecular weight excluding hydrogens is 591 g/mol. The van der Waals surface area contributed by atoms with Crippen LogP contribution in [0.4, 0.5) is 0 Å². The first-order chi connectivity index (χ1) is 15.5. The molecule has 0 saturated heterocycles. The van der Waals surface area contributed by atoms with E-state index in [1.807, 2.05) is 79.6 Å². The zero-order chi connectivity index (χ0) is 25.5. The van der Waals surface area contributed by atoms with Crippen LogP contribution >= 0.6 is 35.5 Å². The summed E-state index contributed by atoms with van der Waals surface area (Å²) in [6, 6.07) is 0. The molecule has 0 amide bonds. The molecule has 0 radical (unpaired) electrons. The fraction of sp³-hybridized carbons (Fsp3) is 1.00. The molecule has 0 fully saturated rings. The molecule has 0 bridgehead atoms. The first-order valence-corrected chi connectivity index (χ1v) is 16.1. The summed E-state index contributed by atoms with van der Waals surface area (Å²) in [4.78, 5) is 0. The van der Waals surface area contributed by atoms with Crippen molar-refractivity contribution >= 4 is 35.5 Å². The molecule has 0 aromatic rings. The van der Waals surface area contributed by atoms with E-state index in [1.165, 1.54) is 0 Å². The van der Waals surface area contributed by atoms with E-state index >= 15 is 0 Å². The maximum absolute atomic E-state index is 5.14. The SMILES string of the molecule is CCOP(OCC)OCC.CCOP(OCC)OCC.CCOP(OCC)OCC.[Cl][Rh]. The van der Waals surface area contributed by atoms with Gasteiger partial charge in [0.2, 0.25) is 0 Å². The third-order valence-corrected chi connectivity index (χ3v) is 6.33. The summed E-state index contributed by atoms with van der Waals surface area (Å²) in [5.74, 6) is 0. The molecule has 0 aliphatic heterocycles. The van der Waals surface area contributed by atoms with E-state index in [2.05, 4.69) is 9.69 Å². The standard InChI is InChI=1S/3C6H15O3P.ClH.Rh/c3*1-4-7-10(8-5-2)9-6-3;;/h3*4-6H2,1-3H3;1H;/q;;;;+1/p-1. The van der Waals surface area contributed by atoms with Gasteiger partial charge >= 0.3 is 52.8 Å². The summed E-state index contributed by atoms with van der Waals surface area (Å²) in [5, 5.41) is 0. The predicted molar refractivity (Wildman–Crippen MR) is 131 cm³/mol. The van der Waals surface area contributed by atoms with Crippen molar-refractivity contribution in [3.05, 3.63) is 0 Å². The van der Waals surface area contributed by atoms with Crippen LogP contribution in [0.15, 0.2) is 0 Å². The third kappa shape index (κ3) is 36.4. The molecule has 9 nitrogen and oxygen atoms in total. The molecule has 0 aromatic heterocycles. The number of rotatable bonds is 18. The third-order valence-electron chi connectivity index (χ3n) is 2.11. The molecule has 0 saturated carbocycles. The molecule has 0 aliphatic rings. The fourth-order valence-electron chi connectivity index (χ4n) is 1.28. The molecule has 0 aromatic carbocycles. The summed E-state index contributed by atoms with van der Waals surface area (Å²) in [6.45, 7) is 23.1. The molecule has 0 atom stereocenters. The van der Waals surface area contributed by atoms with Crippen molar-refractivity contribution in [2.75, 3.05) is 59.5 Å². The van der Waals surface area contributed by atoms with Crippen LogP contribution in [0, 0.1) is 0 Å². The molecule has 0 rings (SSSR count). The van der Waals surface area contributed by atoms with Gasteiger partial charge in [0.1, 0.15) is 0 Å². The molecule has 0 spiro atoms. The van der Waals surface area contributed by atoms with Crippen molar-refractivity contribution in [2.24, 2.45) is 0 Å². The van der Waals surface area contributed by atoms with Gasteiger partial charge in [0, 0.05) is 0 Å². The quantitative estimate of drug-likeness (QED) is 0.111. The van der Waals surface area contributed by atoms with Gasteiger partial charge in [-0.15, -0.1) is 0 Å². The van der Waals surface area contributed by atoms with Crippen LogP contribution in [-0.2, 0) is 58.0 Å². The minimum atomic E-state index is -1.06. The second-order valence-corrected chi connectivity index (χ2v) is 8.10. The van der Waals surface area contributed by atoms with Gasteiger partial charge in [-0.1, -0.05) is 0 Å². The van der Waals surface area contributed by atoms with E-state index in [4.69, 9.17) is 40.7 Å². The summed E-state index contributed by atoms with van der Waals surface area (Å²) in [5.41, 5.74) is 0. The topological polar surface area (TPSA) is 83.1 Å². The molecule has 0 heterocycles. The zero-order valence-electron chi connectivity index (χ0n) is 21.1. The van der Waals surface area contributed by atoms with E-state index in [9.17, 15) is 0 Å². The Balaban J connectivity index is -0.000000176. The first kappa shape index (κ1) is 41.0. The van der Waals surface area contributed by atoms with E-state index in [-0.39, 0.29) is 0 Å². The van der Waals surface area contributed by atoms with Gasteiger partial charge in [-0.2, -0.15) is 0 Å². The number of hydrogen-bond donors (Lipinski definition) is 0. The average Bonchev–Trinajstić information content (AvgIpc) is 2.78. The van der Waals surface area contributed by atoms with E-state index in [0.29, 0.717) is 59.5 Å². The number of halogens is 1. The summed E-state index contributed by atoms with van der Waals surface area (Å²) in [7, 11) is 1.35. The van der Waals surface area contributed by atoms with Gasteiger partial charge in [0.25, 0.3) is 0 Å². The molecular formula is C18H45ClO9P3Rh. The van der Waals surface area contributed by atoms with Gasteiger partial charge < -0.3 is 40.7 Å². The Kier molecular flexibility index (Phi) is 51.3. The van der Waals surface area contributed by atoms with Crippen molar-refractivity contribution in [1.82, 2.24) is 0 Å². The Hall–Kier alpha value is 1.84. The van der Waals surface area contributed by atoms with Crippen LogP contribution in [0.1, 0.15) is 62.3 Å². The molecule has 0 N–H and O–H groups in total. The molecule has 202 valence electrons. The van der Waals surface area contributed by atoms with Crippen LogP contribution in [-0.4, -0.2) is 59.5 Å². The molecule has 0 unspecified atom stereocenters. The predicted octanol–water partition coefficient (Wildman–Crippen LogP) is 7.66. The monoisotopic (exact) mass is 636 g/mol. The van der Waals surface area contributed by atoms with Crippen molar-refractivity contribution in [1.29, 1.82) is 0 Å². The Labute approximate surface area is 214 Å². The summed E-state index contributed by atoms with van der Waals surface area (Å²) in [6.07, 6.45) is 0. The van der Waals surface area contributed by atoms with Gasteiger partial charge in [0.15, 0.2) is 0 Å². The Bertz CT molecular complexity index is 223. The van der Waals surface area contributed by atoms with Crippen molar-refractivity contribution in [3.8, 4) is 0 Å². The zero-order valence-corrected chi connectivity index (χ0v) is 26.2. The Morgan fingerprint density at radius 3 is 0.500 bits per heavy atom. The summed E-state index contributed by atoms with van der Waals surface area (Å²) >= 11 is 2.02. The number of hydrogen-bond acceptors (Lipinski definition) is 9. The van der Waals surface area contributed by atoms with Gasteiger partial charge in [0.05, 0.1) is 59.5 Å². The maximum atomic E-state index is 5.14. The van der Waals surface area contributed by atoms with Crippen LogP contribution < -0.4 is 0 Å². The van der Waals surface area contributed by atoms with Gasteiger partial charge in [-0.25, -0.2) is 0 Å². The normalized spacial score (nSPS) is 10.3. The van der Waals surface area contributed by atoms with Crippen LogP contribution in [0.2, 0.25) is 0 Å². The van der Waals surface area contributed by atoms with E-state index < -0.39 is 25.8 Å². The second kappa shape index (κ2) is 40.0. The minimum absolute atomic E-state index is 0.645.